The van der Waals surface area contributed by atoms with E-state index < -0.39 is 0 Å². The van der Waals surface area contributed by atoms with Crippen molar-refractivity contribution in [3.63, 3.8) is 0 Å². The molecule has 0 atom stereocenters. The lowest BCUT2D eigenvalue weighted by Gasteiger charge is -2.04. The Morgan fingerprint density at radius 2 is 1.80 bits per heavy atom. The number of fused-ring (bicyclic) bond motifs is 1. The lowest BCUT2D eigenvalue weighted by Crippen LogP contribution is -2.18. The van der Waals surface area contributed by atoms with Gasteiger partial charge in [-0.15, -0.1) is 0 Å². The Hall–Kier alpha value is -3.60. The highest BCUT2D eigenvalue weighted by molar-refractivity contribution is 6.09. The number of aromatic amines is 1. The van der Waals surface area contributed by atoms with Gasteiger partial charge in [-0.25, -0.2) is 5.43 Å². The zero-order valence-electron chi connectivity index (χ0n) is 13.3. The van der Waals surface area contributed by atoms with Crippen molar-refractivity contribution in [1.29, 1.82) is 0 Å². The second-order valence-electron chi connectivity index (χ2n) is 5.50. The van der Waals surface area contributed by atoms with Crippen LogP contribution in [0.3, 0.4) is 0 Å². The first-order valence-electron chi connectivity index (χ1n) is 7.86. The quantitative estimate of drug-likeness (QED) is 0.435. The molecule has 0 bridgehead atoms. The van der Waals surface area contributed by atoms with Crippen LogP contribution >= 0.6 is 0 Å². The number of nitrogens with zero attached hydrogens (tertiary/aromatic N) is 1. The molecular formula is C20H15N3O2. The van der Waals surface area contributed by atoms with Crippen LogP contribution in [0, 0.1) is 0 Å². The number of hydrogen-bond donors (Lipinski definition) is 2. The van der Waals surface area contributed by atoms with Crippen LogP contribution in [0.5, 0.6) is 0 Å². The zero-order chi connectivity index (χ0) is 17.1. The van der Waals surface area contributed by atoms with Gasteiger partial charge in [0, 0.05) is 16.5 Å². The summed E-state index contributed by atoms with van der Waals surface area (Å²) in [6.07, 6.45) is 3.01. The van der Waals surface area contributed by atoms with Gasteiger partial charge in [-0.05, 0) is 23.8 Å². The summed E-state index contributed by atoms with van der Waals surface area (Å²) in [6, 6.07) is 21.2. The zero-order valence-corrected chi connectivity index (χ0v) is 13.3. The first-order valence-corrected chi connectivity index (χ1v) is 7.86. The molecule has 0 spiro atoms. The molecule has 5 nitrogen and oxygen atoms in total. The van der Waals surface area contributed by atoms with Crippen molar-refractivity contribution in [3.8, 4) is 11.1 Å². The minimum absolute atomic E-state index is 0.308. The largest absolute Gasteiger partial charge is 0.463 e. The summed E-state index contributed by atoms with van der Waals surface area (Å²) in [6.45, 7) is 0. The molecule has 4 rings (SSSR count). The van der Waals surface area contributed by atoms with E-state index in [1.54, 1.807) is 18.4 Å². The molecule has 0 aliphatic heterocycles. The molecule has 1 amide bonds. The molecule has 25 heavy (non-hydrogen) atoms. The Morgan fingerprint density at radius 1 is 1.00 bits per heavy atom. The van der Waals surface area contributed by atoms with E-state index in [0.717, 1.165) is 22.0 Å². The maximum atomic E-state index is 12.7. The summed E-state index contributed by atoms with van der Waals surface area (Å²) in [7, 11) is 0. The highest BCUT2D eigenvalue weighted by Crippen LogP contribution is 2.32. The Labute approximate surface area is 144 Å². The topological polar surface area (TPSA) is 70.4 Å². The monoisotopic (exact) mass is 329 g/mol. The number of hydrogen-bond acceptors (Lipinski definition) is 3. The number of carbonyl (C=O) groups excluding carboxylic acids is 1. The number of hydrazone groups is 1. The third-order valence-electron chi connectivity index (χ3n) is 3.90. The van der Waals surface area contributed by atoms with Crippen molar-refractivity contribution in [1.82, 2.24) is 10.4 Å². The smallest absolute Gasteiger partial charge is 0.288 e. The van der Waals surface area contributed by atoms with Crippen LogP contribution in [-0.4, -0.2) is 17.1 Å². The van der Waals surface area contributed by atoms with Crippen molar-refractivity contribution in [2.45, 2.75) is 0 Å². The van der Waals surface area contributed by atoms with Crippen LogP contribution in [0.1, 0.15) is 16.2 Å². The molecule has 2 aromatic carbocycles. The van der Waals surface area contributed by atoms with Crippen LogP contribution in [0.2, 0.25) is 0 Å². The summed E-state index contributed by atoms with van der Waals surface area (Å²) in [4.78, 5) is 15.8. The highest BCUT2D eigenvalue weighted by atomic mass is 16.3. The number of nitrogens with one attached hydrogen (secondary N) is 2. The standard InChI is InChI=1S/C20H15N3O2/c24-20(23-21-13-15-9-6-12-25-15)19-18(14-7-2-1-3-8-14)16-10-4-5-11-17(16)22-19/h1-13,22H,(H,23,24). The average molecular weight is 329 g/mol. The number of amides is 1. The van der Waals surface area contributed by atoms with Gasteiger partial charge in [-0.3, -0.25) is 4.79 Å². The fourth-order valence-corrected chi connectivity index (χ4v) is 2.79. The van der Waals surface area contributed by atoms with E-state index in [1.165, 1.54) is 6.21 Å². The Balaban J connectivity index is 1.72. The molecule has 0 saturated carbocycles. The molecule has 0 aliphatic rings. The van der Waals surface area contributed by atoms with E-state index in [1.807, 2.05) is 54.6 Å². The van der Waals surface area contributed by atoms with E-state index >= 15 is 0 Å². The van der Waals surface area contributed by atoms with Crippen LogP contribution < -0.4 is 5.43 Å². The minimum Gasteiger partial charge on any atom is -0.463 e. The summed E-state index contributed by atoms with van der Waals surface area (Å²) < 4.78 is 5.15. The molecule has 2 N–H and O–H groups in total. The number of para-hydroxylation sites is 1. The SMILES string of the molecule is O=C(NN=Cc1ccco1)c1[nH]c2ccccc2c1-c1ccccc1. The first kappa shape index (κ1) is 15.0. The van der Waals surface area contributed by atoms with Crippen LogP contribution in [0.4, 0.5) is 0 Å². The molecule has 0 saturated heterocycles. The Bertz CT molecular complexity index is 1030. The summed E-state index contributed by atoms with van der Waals surface area (Å²) >= 11 is 0. The number of benzene rings is 2. The van der Waals surface area contributed by atoms with E-state index in [-0.39, 0.29) is 5.91 Å². The number of rotatable bonds is 4. The molecule has 0 fully saturated rings. The predicted molar refractivity (Wildman–Crippen MR) is 97.5 cm³/mol. The molecular weight excluding hydrogens is 314 g/mol. The molecule has 4 aromatic rings. The Morgan fingerprint density at radius 3 is 2.60 bits per heavy atom. The van der Waals surface area contributed by atoms with E-state index in [2.05, 4.69) is 15.5 Å². The third-order valence-corrected chi connectivity index (χ3v) is 3.90. The van der Waals surface area contributed by atoms with Crippen LogP contribution in [-0.2, 0) is 0 Å². The number of furan rings is 1. The summed E-state index contributed by atoms with van der Waals surface area (Å²) in [5, 5.41) is 4.95. The van der Waals surface area contributed by atoms with Gasteiger partial charge >= 0.3 is 0 Å². The van der Waals surface area contributed by atoms with Gasteiger partial charge in [0.1, 0.15) is 11.5 Å². The van der Waals surface area contributed by atoms with Crippen molar-refractivity contribution < 1.29 is 9.21 Å². The third kappa shape index (κ3) is 2.95. The fourth-order valence-electron chi connectivity index (χ4n) is 2.79. The van der Waals surface area contributed by atoms with Gasteiger partial charge in [0.2, 0.25) is 0 Å². The van der Waals surface area contributed by atoms with E-state index in [4.69, 9.17) is 4.42 Å². The van der Waals surface area contributed by atoms with E-state index in [0.29, 0.717) is 11.5 Å². The first-order chi connectivity index (χ1) is 12.3. The van der Waals surface area contributed by atoms with Crippen molar-refractivity contribution >= 4 is 23.0 Å². The maximum Gasteiger partial charge on any atom is 0.288 e. The molecule has 122 valence electrons. The van der Waals surface area contributed by atoms with Crippen molar-refractivity contribution in [2.24, 2.45) is 5.10 Å². The molecule has 0 radical (unpaired) electrons. The Kier molecular flexibility index (Phi) is 3.88. The second-order valence-corrected chi connectivity index (χ2v) is 5.50. The lowest BCUT2D eigenvalue weighted by atomic mass is 10.0. The normalized spacial score (nSPS) is 11.2. The van der Waals surface area contributed by atoms with Gasteiger partial charge in [-0.2, -0.15) is 5.10 Å². The highest BCUT2D eigenvalue weighted by Gasteiger charge is 2.18. The van der Waals surface area contributed by atoms with Gasteiger partial charge in [-0.1, -0.05) is 48.5 Å². The molecule has 0 unspecified atom stereocenters. The lowest BCUT2D eigenvalue weighted by molar-refractivity contribution is 0.0951. The average Bonchev–Trinajstić information content (AvgIpc) is 3.30. The second kappa shape index (κ2) is 6.49. The van der Waals surface area contributed by atoms with Crippen LogP contribution in [0.15, 0.2) is 82.5 Å². The molecule has 0 aliphatic carbocycles. The summed E-state index contributed by atoms with van der Waals surface area (Å²) in [5.74, 6) is 0.262. The van der Waals surface area contributed by atoms with Crippen LogP contribution in [0.25, 0.3) is 22.0 Å². The van der Waals surface area contributed by atoms with E-state index in [9.17, 15) is 4.79 Å². The van der Waals surface area contributed by atoms with Crippen molar-refractivity contribution in [3.05, 3.63) is 84.4 Å². The minimum atomic E-state index is -0.308. The predicted octanol–water partition coefficient (Wildman–Crippen LogP) is 4.19. The van der Waals surface area contributed by atoms with Gasteiger partial charge in [0.15, 0.2) is 0 Å². The number of aromatic nitrogens is 1. The molecule has 5 heteroatoms. The van der Waals surface area contributed by atoms with Gasteiger partial charge in [0.25, 0.3) is 5.91 Å². The molecule has 2 aromatic heterocycles. The van der Waals surface area contributed by atoms with Crippen molar-refractivity contribution in [2.75, 3.05) is 0 Å². The summed E-state index contributed by atoms with van der Waals surface area (Å²) in [5.41, 5.74) is 5.76. The fraction of sp³-hybridized carbons (Fsp3) is 0. The van der Waals surface area contributed by atoms with Gasteiger partial charge in [0.05, 0.1) is 12.5 Å². The van der Waals surface area contributed by atoms with Gasteiger partial charge < -0.3 is 9.40 Å². The number of carbonyl (C=O) groups is 1. The maximum absolute atomic E-state index is 12.7. The number of H-pyrrole nitrogens is 1. The molecule has 2 heterocycles.